The number of carbonyl (C=O) groups is 1. The number of aliphatic carboxylic acids is 1. The smallest absolute Gasteiger partial charge is 0.346 e. The van der Waals surface area contributed by atoms with E-state index in [9.17, 15) is 4.79 Å². The van der Waals surface area contributed by atoms with Crippen LogP contribution in [0, 0.1) is 11.3 Å². The van der Waals surface area contributed by atoms with Crippen LogP contribution in [0.2, 0.25) is 0 Å². The van der Waals surface area contributed by atoms with Crippen LogP contribution in [0.25, 0.3) is 6.08 Å². The number of benzene rings is 1. The van der Waals surface area contributed by atoms with E-state index in [4.69, 9.17) is 19.8 Å². The molecule has 0 saturated heterocycles. The van der Waals surface area contributed by atoms with Gasteiger partial charge in [-0.3, -0.25) is 0 Å². The Labute approximate surface area is 117 Å². The molecule has 1 N–H and O–H groups in total. The SMILES string of the molecule is CCOc1cc2c(cc1C=C(C#N)C(=O)O)OC(C)C2. The Balaban J connectivity index is 2.49. The third-order valence-electron chi connectivity index (χ3n) is 2.98. The van der Waals surface area contributed by atoms with Crippen LogP contribution in [0.3, 0.4) is 0 Å². The molecule has 0 saturated carbocycles. The molecule has 5 nitrogen and oxygen atoms in total. The molecule has 1 unspecified atom stereocenters. The van der Waals surface area contributed by atoms with Gasteiger partial charge in [0.05, 0.1) is 6.61 Å². The average Bonchev–Trinajstić information content (AvgIpc) is 2.74. The van der Waals surface area contributed by atoms with Crippen LogP contribution in [0.5, 0.6) is 11.5 Å². The Hall–Kier alpha value is -2.48. The van der Waals surface area contributed by atoms with Gasteiger partial charge in [0.2, 0.25) is 0 Å². The summed E-state index contributed by atoms with van der Waals surface area (Å²) >= 11 is 0. The van der Waals surface area contributed by atoms with E-state index >= 15 is 0 Å². The van der Waals surface area contributed by atoms with Gasteiger partial charge < -0.3 is 14.6 Å². The van der Waals surface area contributed by atoms with E-state index in [1.807, 2.05) is 19.9 Å². The van der Waals surface area contributed by atoms with Gasteiger partial charge in [0.1, 0.15) is 29.2 Å². The average molecular weight is 273 g/mol. The van der Waals surface area contributed by atoms with Crippen molar-refractivity contribution in [1.82, 2.24) is 0 Å². The van der Waals surface area contributed by atoms with Gasteiger partial charge in [-0.25, -0.2) is 4.79 Å². The highest BCUT2D eigenvalue weighted by Crippen LogP contribution is 2.36. The van der Waals surface area contributed by atoms with Crippen molar-refractivity contribution >= 4 is 12.0 Å². The molecule has 1 aliphatic heterocycles. The molecule has 1 heterocycles. The minimum Gasteiger partial charge on any atom is -0.493 e. The maximum absolute atomic E-state index is 10.9. The molecule has 1 aliphatic rings. The monoisotopic (exact) mass is 273 g/mol. The Kier molecular flexibility index (Phi) is 3.94. The van der Waals surface area contributed by atoms with Crippen molar-refractivity contribution in [3.05, 3.63) is 28.8 Å². The van der Waals surface area contributed by atoms with Crippen LogP contribution in [0.4, 0.5) is 0 Å². The summed E-state index contributed by atoms with van der Waals surface area (Å²) < 4.78 is 11.2. The molecule has 104 valence electrons. The fourth-order valence-electron chi connectivity index (χ4n) is 2.15. The van der Waals surface area contributed by atoms with Gasteiger partial charge in [0.15, 0.2) is 0 Å². The predicted octanol–water partition coefficient (Wildman–Crippen LogP) is 2.40. The third kappa shape index (κ3) is 2.75. The molecule has 1 atom stereocenters. The van der Waals surface area contributed by atoms with Crippen LogP contribution < -0.4 is 9.47 Å². The highest BCUT2D eigenvalue weighted by Gasteiger charge is 2.22. The van der Waals surface area contributed by atoms with Gasteiger partial charge in [-0.15, -0.1) is 0 Å². The molecule has 20 heavy (non-hydrogen) atoms. The van der Waals surface area contributed by atoms with E-state index < -0.39 is 5.97 Å². The summed E-state index contributed by atoms with van der Waals surface area (Å²) in [5.41, 5.74) is 1.24. The largest absolute Gasteiger partial charge is 0.493 e. The van der Waals surface area contributed by atoms with Crippen molar-refractivity contribution in [2.75, 3.05) is 6.61 Å². The number of carboxylic acid groups (broad SMARTS) is 1. The van der Waals surface area contributed by atoms with Crippen molar-refractivity contribution in [2.24, 2.45) is 0 Å². The number of carboxylic acids is 1. The van der Waals surface area contributed by atoms with E-state index in [2.05, 4.69) is 0 Å². The summed E-state index contributed by atoms with van der Waals surface area (Å²) in [6.07, 6.45) is 2.19. The zero-order chi connectivity index (χ0) is 14.7. The highest BCUT2D eigenvalue weighted by atomic mass is 16.5. The van der Waals surface area contributed by atoms with Crippen LogP contribution in [0.15, 0.2) is 17.7 Å². The van der Waals surface area contributed by atoms with Crippen molar-refractivity contribution in [3.63, 3.8) is 0 Å². The van der Waals surface area contributed by atoms with Gasteiger partial charge in [-0.2, -0.15) is 5.26 Å². The van der Waals surface area contributed by atoms with Crippen LogP contribution >= 0.6 is 0 Å². The molecular formula is C15H15NO4. The Bertz CT molecular complexity index is 613. The van der Waals surface area contributed by atoms with E-state index in [0.717, 1.165) is 17.7 Å². The lowest BCUT2D eigenvalue weighted by atomic mass is 10.0. The molecule has 2 rings (SSSR count). The van der Waals surface area contributed by atoms with Gasteiger partial charge in [0, 0.05) is 17.5 Å². The molecule has 0 aliphatic carbocycles. The number of hydrogen-bond acceptors (Lipinski definition) is 4. The zero-order valence-electron chi connectivity index (χ0n) is 11.3. The van der Waals surface area contributed by atoms with Crippen LogP contribution in [-0.4, -0.2) is 23.8 Å². The number of rotatable bonds is 4. The number of nitriles is 1. The zero-order valence-corrected chi connectivity index (χ0v) is 11.3. The maximum atomic E-state index is 10.9. The van der Waals surface area contributed by atoms with Crippen molar-refractivity contribution < 1.29 is 19.4 Å². The molecule has 0 radical (unpaired) electrons. The normalized spacial score (nSPS) is 17.1. The first kappa shape index (κ1) is 13.9. The van der Waals surface area contributed by atoms with E-state index in [0.29, 0.717) is 17.9 Å². The molecule has 1 aromatic rings. The lowest BCUT2D eigenvalue weighted by molar-refractivity contribution is -0.132. The fraction of sp³-hybridized carbons (Fsp3) is 0.333. The lowest BCUT2D eigenvalue weighted by Gasteiger charge is -2.10. The van der Waals surface area contributed by atoms with Crippen molar-refractivity contribution in [1.29, 1.82) is 5.26 Å². The van der Waals surface area contributed by atoms with Gasteiger partial charge in [-0.05, 0) is 32.1 Å². The fourth-order valence-corrected chi connectivity index (χ4v) is 2.15. The molecule has 0 spiro atoms. The summed E-state index contributed by atoms with van der Waals surface area (Å²) in [6, 6.07) is 5.24. The molecule has 0 aromatic heterocycles. The summed E-state index contributed by atoms with van der Waals surface area (Å²) in [5.74, 6) is 0.0255. The minimum absolute atomic E-state index is 0.0913. The highest BCUT2D eigenvalue weighted by molar-refractivity contribution is 5.97. The first-order chi connectivity index (χ1) is 9.55. The number of fused-ring (bicyclic) bond motifs is 1. The molecule has 0 amide bonds. The Morgan fingerprint density at radius 3 is 3.00 bits per heavy atom. The Morgan fingerprint density at radius 2 is 2.40 bits per heavy atom. The quantitative estimate of drug-likeness (QED) is 0.673. The van der Waals surface area contributed by atoms with E-state index in [1.165, 1.54) is 6.08 Å². The molecule has 0 fully saturated rings. The number of ether oxygens (including phenoxy) is 2. The second-order valence-corrected chi connectivity index (χ2v) is 4.54. The number of hydrogen-bond donors (Lipinski definition) is 1. The van der Waals surface area contributed by atoms with Crippen molar-refractivity contribution in [2.45, 2.75) is 26.4 Å². The van der Waals surface area contributed by atoms with Crippen LogP contribution in [-0.2, 0) is 11.2 Å². The van der Waals surface area contributed by atoms with Crippen LogP contribution in [0.1, 0.15) is 25.0 Å². The van der Waals surface area contributed by atoms with Gasteiger partial charge in [0.25, 0.3) is 0 Å². The first-order valence-electron chi connectivity index (χ1n) is 6.36. The topological polar surface area (TPSA) is 79.5 Å². The summed E-state index contributed by atoms with van der Waals surface area (Å²) in [6.45, 7) is 4.28. The van der Waals surface area contributed by atoms with Gasteiger partial charge in [-0.1, -0.05) is 0 Å². The molecular weight excluding hydrogens is 258 g/mol. The molecule has 5 heteroatoms. The summed E-state index contributed by atoms with van der Waals surface area (Å²) in [5, 5.41) is 17.8. The Morgan fingerprint density at radius 1 is 1.65 bits per heavy atom. The summed E-state index contributed by atoms with van der Waals surface area (Å²) in [4.78, 5) is 10.9. The molecule has 1 aromatic carbocycles. The second kappa shape index (κ2) is 5.66. The standard InChI is InChI=1S/C15H15NO4/c1-3-19-13-6-10-4-9(2)20-14(10)7-11(13)5-12(8-16)15(17)18/h5-7,9H,3-4H2,1-2H3,(H,17,18). The van der Waals surface area contributed by atoms with Crippen molar-refractivity contribution in [3.8, 4) is 17.6 Å². The lowest BCUT2D eigenvalue weighted by Crippen LogP contribution is -2.05. The van der Waals surface area contributed by atoms with Gasteiger partial charge >= 0.3 is 5.97 Å². The van der Waals surface area contributed by atoms with E-state index in [-0.39, 0.29) is 11.7 Å². The first-order valence-corrected chi connectivity index (χ1v) is 6.36. The predicted molar refractivity (Wildman–Crippen MR) is 72.6 cm³/mol. The minimum atomic E-state index is -1.26. The second-order valence-electron chi connectivity index (χ2n) is 4.54. The summed E-state index contributed by atoms with van der Waals surface area (Å²) in [7, 11) is 0. The number of nitrogens with zero attached hydrogens (tertiary/aromatic N) is 1. The third-order valence-corrected chi connectivity index (χ3v) is 2.98. The maximum Gasteiger partial charge on any atom is 0.346 e. The molecule has 0 bridgehead atoms. The van der Waals surface area contributed by atoms with E-state index in [1.54, 1.807) is 12.1 Å².